The predicted octanol–water partition coefficient (Wildman–Crippen LogP) is 15.5. The average molecular weight is 643 g/mol. The molecular weight excluding hydrogens is 559 g/mol. The Bertz CT molecular complexity index is 537. The second-order valence-corrected chi connectivity index (χ2v) is 16.1. The molecule has 0 saturated heterocycles. The van der Waals surface area contributed by atoms with E-state index in [2.05, 4.69) is 20.8 Å². The van der Waals surface area contributed by atoms with Crippen LogP contribution in [0.25, 0.3) is 0 Å². The Kier molecular flexibility index (Phi) is 37.7. The van der Waals surface area contributed by atoms with Crippen molar-refractivity contribution >= 4 is 7.60 Å². The van der Waals surface area contributed by atoms with Crippen LogP contribution in [0.4, 0.5) is 0 Å². The first kappa shape index (κ1) is 44.1. The topological polar surface area (TPSA) is 35.5 Å². The van der Waals surface area contributed by atoms with Gasteiger partial charge in [-0.3, -0.25) is 4.57 Å². The first-order valence-electron chi connectivity index (χ1n) is 20.6. The molecule has 0 aliphatic rings. The first-order chi connectivity index (χ1) is 21.7. The van der Waals surface area contributed by atoms with Gasteiger partial charge in [0, 0.05) is 0 Å². The number of hydrogen-bond acceptors (Lipinski definition) is 3. The van der Waals surface area contributed by atoms with Crippen molar-refractivity contribution in [3.8, 4) is 0 Å². The van der Waals surface area contributed by atoms with Crippen LogP contribution >= 0.6 is 7.60 Å². The number of unbranched alkanes of at least 4 members (excludes halogenated alkanes) is 31. The van der Waals surface area contributed by atoms with Crippen LogP contribution in [0.3, 0.4) is 0 Å². The van der Waals surface area contributed by atoms with Crippen molar-refractivity contribution in [2.24, 2.45) is 0 Å². The Labute approximate surface area is 279 Å². The van der Waals surface area contributed by atoms with Gasteiger partial charge in [0.05, 0.1) is 19.4 Å². The van der Waals surface area contributed by atoms with E-state index in [0.29, 0.717) is 19.4 Å². The molecule has 44 heavy (non-hydrogen) atoms. The van der Waals surface area contributed by atoms with Gasteiger partial charge < -0.3 is 9.05 Å². The fourth-order valence-electron chi connectivity index (χ4n) is 6.25. The van der Waals surface area contributed by atoms with Gasteiger partial charge in [0.25, 0.3) is 0 Å². The highest BCUT2D eigenvalue weighted by atomic mass is 31.2. The van der Waals surface area contributed by atoms with E-state index in [1.54, 1.807) is 0 Å². The van der Waals surface area contributed by atoms with Crippen LogP contribution in [-0.2, 0) is 13.6 Å². The molecule has 0 aromatic carbocycles. The smallest absolute Gasteiger partial charge is 0.309 e. The maximum absolute atomic E-state index is 13.6. The zero-order chi connectivity index (χ0) is 32.1. The van der Waals surface area contributed by atoms with E-state index < -0.39 is 7.60 Å². The zero-order valence-electron chi connectivity index (χ0n) is 30.8. The van der Waals surface area contributed by atoms with E-state index in [0.717, 1.165) is 25.7 Å². The van der Waals surface area contributed by atoms with E-state index in [1.807, 2.05) is 0 Å². The summed E-state index contributed by atoms with van der Waals surface area (Å²) < 4.78 is 25.7. The molecule has 4 heteroatoms. The van der Waals surface area contributed by atoms with E-state index in [1.165, 1.54) is 193 Å². The van der Waals surface area contributed by atoms with Gasteiger partial charge in [0.15, 0.2) is 0 Å². The average Bonchev–Trinajstić information content (AvgIpc) is 3.02. The van der Waals surface area contributed by atoms with Gasteiger partial charge in [-0.2, -0.15) is 0 Å². The Hall–Kier alpha value is 0.150. The lowest BCUT2D eigenvalue weighted by molar-refractivity contribution is 0.197. The van der Waals surface area contributed by atoms with Gasteiger partial charge in [-0.1, -0.05) is 220 Å². The van der Waals surface area contributed by atoms with Crippen LogP contribution in [0.15, 0.2) is 0 Å². The van der Waals surface area contributed by atoms with Gasteiger partial charge in [-0.05, 0) is 19.3 Å². The highest BCUT2D eigenvalue weighted by molar-refractivity contribution is 7.53. The van der Waals surface area contributed by atoms with Crippen molar-refractivity contribution in [2.45, 2.75) is 239 Å². The minimum atomic E-state index is -2.96. The Morgan fingerprint density at radius 1 is 0.295 bits per heavy atom. The molecular formula is C40H83O3P. The molecule has 0 aliphatic heterocycles. The maximum Gasteiger partial charge on any atom is 0.330 e. The van der Waals surface area contributed by atoms with Crippen molar-refractivity contribution in [1.82, 2.24) is 0 Å². The summed E-state index contributed by atoms with van der Waals surface area (Å²) in [4.78, 5) is 0. The minimum Gasteiger partial charge on any atom is -0.309 e. The standard InChI is InChI=1S/C40H83O3P/c1-4-7-10-13-16-19-22-23-24-25-28-31-34-37-40-44(41,42-38-35-32-29-26-20-17-14-11-8-5-2)43-39-36-33-30-27-21-18-15-12-9-6-3/h4-40H2,1-3H3. The van der Waals surface area contributed by atoms with Crippen molar-refractivity contribution in [3.63, 3.8) is 0 Å². The Morgan fingerprint density at radius 3 is 0.750 bits per heavy atom. The third-order valence-electron chi connectivity index (χ3n) is 9.36. The number of hydrogen-bond donors (Lipinski definition) is 0. The summed E-state index contributed by atoms with van der Waals surface area (Å²) in [5.41, 5.74) is 0. The first-order valence-corrected chi connectivity index (χ1v) is 22.3. The fraction of sp³-hybridized carbons (Fsp3) is 1.00. The molecule has 0 atom stereocenters. The van der Waals surface area contributed by atoms with Gasteiger partial charge in [-0.15, -0.1) is 0 Å². The second kappa shape index (κ2) is 37.6. The predicted molar refractivity (Wildman–Crippen MR) is 198 cm³/mol. The highest BCUT2D eigenvalue weighted by Gasteiger charge is 2.23. The molecule has 0 spiro atoms. The summed E-state index contributed by atoms with van der Waals surface area (Å²) in [6, 6.07) is 0. The summed E-state index contributed by atoms with van der Waals surface area (Å²) in [5, 5.41) is 0. The van der Waals surface area contributed by atoms with E-state index in [9.17, 15) is 4.57 Å². The third-order valence-corrected chi connectivity index (χ3v) is 11.4. The van der Waals surface area contributed by atoms with Crippen molar-refractivity contribution < 1.29 is 13.6 Å². The van der Waals surface area contributed by atoms with Crippen LogP contribution in [0.2, 0.25) is 0 Å². The van der Waals surface area contributed by atoms with Crippen LogP contribution < -0.4 is 0 Å². The molecule has 0 fully saturated rings. The monoisotopic (exact) mass is 643 g/mol. The summed E-state index contributed by atoms with van der Waals surface area (Å²) in [6.07, 6.45) is 45.5. The largest absolute Gasteiger partial charge is 0.330 e. The van der Waals surface area contributed by atoms with Gasteiger partial charge in [0.2, 0.25) is 0 Å². The summed E-state index contributed by atoms with van der Waals surface area (Å²) in [7, 11) is -2.96. The molecule has 0 aromatic rings. The van der Waals surface area contributed by atoms with Crippen LogP contribution in [0.1, 0.15) is 239 Å². The molecule has 266 valence electrons. The van der Waals surface area contributed by atoms with Crippen LogP contribution in [0, 0.1) is 0 Å². The Balaban J connectivity index is 4.05. The molecule has 0 saturated carbocycles. The molecule has 0 aromatic heterocycles. The van der Waals surface area contributed by atoms with Gasteiger partial charge in [-0.25, -0.2) is 0 Å². The summed E-state index contributed by atoms with van der Waals surface area (Å²) in [5.74, 6) is 0. The molecule has 0 bridgehead atoms. The van der Waals surface area contributed by atoms with Crippen molar-refractivity contribution in [1.29, 1.82) is 0 Å². The van der Waals surface area contributed by atoms with Crippen LogP contribution in [-0.4, -0.2) is 19.4 Å². The third kappa shape index (κ3) is 35.0. The molecule has 0 aliphatic carbocycles. The quantitative estimate of drug-likeness (QED) is 0.0494. The fourth-order valence-corrected chi connectivity index (χ4v) is 8.01. The second-order valence-electron chi connectivity index (χ2n) is 14.0. The zero-order valence-corrected chi connectivity index (χ0v) is 31.7. The van der Waals surface area contributed by atoms with Gasteiger partial charge >= 0.3 is 7.60 Å². The van der Waals surface area contributed by atoms with E-state index in [4.69, 9.17) is 9.05 Å². The van der Waals surface area contributed by atoms with Crippen LogP contribution in [0.5, 0.6) is 0 Å². The molecule has 0 rings (SSSR count). The molecule has 3 nitrogen and oxygen atoms in total. The van der Waals surface area contributed by atoms with E-state index >= 15 is 0 Å². The lowest BCUT2D eigenvalue weighted by Crippen LogP contribution is -2.04. The maximum atomic E-state index is 13.6. The summed E-state index contributed by atoms with van der Waals surface area (Å²) in [6.45, 7) is 8.06. The van der Waals surface area contributed by atoms with Crippen molar-refractivity contribution in [2.75, 3.05) is 19.4 Å². The Morgan fingerprint density at radius 2 is 0.500 bits per heavy atom. The molecule has 0 N–H and O–H groups in total. The number of rotatable bonds is 39. The SMILES string of the molecule is CCCCCCCCCCCCCCCCP(=O)(OCCCCCCCCCCCC)OCCCCCCCCCCCC. The molecule has 0 radical (unpaired) electrons. The molecule has 0 heterocycles. The summed E-state index contributed by atoms with van der Waals surface area (Å²) >= 11 is 0. The van der Waals surface area contributed by atoms with Gasteiger partial charge in [0.1, 0.15) is 0 Å². The lowest BCUT2D eigenvalue weighted by atomic mass is 10.0. The molecule has 0 unspecified atom stereocenters. The normalized spacial score (nSPS) is 12.0. The van der Waals surface area contributed by atoms with Crippen molar-refractivity contribution in [3.05, 3.63) is 0 Å². The molecule has 0 amide bonds. The lowest BCUT2D eigenvalue weighted by Gasteiger charge is -2.19. The minimum absolute atomic E-state index is 0.602. The van der Waals surface area contributed by atoms with E-state index in [-0.39, 0.29) is 0 Å². The highest BCUT2D eigenvalue weighted by Crippen LogP contribution is 2.49.